The van der Waals surface area contributed by atoms with Crippen molar-refractivity contribution in [2.75, 3.05) is 13.7 Å². The lowest BCUT2D eigenvalue weighted by Crippen LogP contribution is -2.46. The van der Waals surface area contributed by atoms with E-state index in [2.05, 4.69) is 44.9 Å². The van der Waals surface area contributed by atoms with E-state index < -0.39 is 0 Å². The van der Waals surface area contributed by atoms with E-state index >= 15 is 0 Å². The van der Waals surface area contributed by atoms with Crippen molar-refractivity contribution in [3.8, 4) is 0 Å². The van der Waals surface area contributed by atoms with E-state index in [9.17, 15) is 0 Å². The number of nitrogens with one attached hydrogen (secondary N) is 1. The first-order valence-corrected chi connectivity index (χ1v) is 6.42. The van der Waals surface area contributed by atoms with Crippen molar-refractivity contribution in [2.45, 2.75) is 46.2 Å². The monoisotopic (exact) mass is 242 g/mol. The quantitative estimate of drug-likeness (QED) is 0.862. The molecule has 0 saturated heterocycles. The van der Waals surface area contributed by atoms with Crippen LogP contribution in [0.1, 0.15) is 36.3 Å². The van der Waals surface area contributed by atoms with Crippen LogP contribution in [0.25, 0.3) is 0 Å². The summed E-state index contributed by atoms with van der Waals surface area (Å²) in [5.41, 5.74) is 0.931. The third-order valence-electron chi connectivity index (χ3n) is 2.54. The SMILES string of the molecule is COCC(C)(NC(C)C)c1nc(C)c(C)s1. The molecule has 92 valence electrons. The average molecular weight is 242 g/mol. The summed E-state index contributed by atoms with van der Waals surface area (Å²) in [6.07, 6.45) is 0. The largest absolute Gasteiger partial charge is 0.382 e. The van der Waals surface area contributed by atoms with Crippen molar-refractivity contribution in [2.24, 2.45) is 0 Å². The van der Waals surface area contributed by atoms with Gasteiger partial charge in [-0.25, -0.2) is 4.98 Å². The molecule has 0 amide bonds. The number of methoxy groups -OCH3 is 1. The third-order valence-corrected chi connectivity index (χ3v) is 3.88. The molecule has 1 rings (SSSR count). The molecule has 0 fully saturated rings. The Hall–Kier alpha value is -0.450. The van der Waals surface area contributed by atoms with Crippen LogP contribution >= 0.6 is 11.3 Å². The van der Waals surface area contributed by atoms with Crippen molar-refractivity contribution in [1.82, 2.24) is 10.3 Å². The predicted molar refractivity (Wildman–Crippen MR) is 69.1 cm³/mol. The molecular formula is C12H22N2OS. The molecule has 16 heavy (non-hydrogen) atoms. The molecule has 1 N–H and O–H groups in total. The van der Waals surface area contributed by atoms with E-state index in [0.717, 1.165) is 10.7 Å². The van der Waals surface area contributed by atoms with Crippen molar-refractivity contribution >= 4 is 11.3 Å². The smallest absolute Gasteiger partial charge is 0.115 e. The molecule has 0 bridgehead atoms. The van der Waals surface area contributed by atoms with Gasteiger partial charge < -0.3 is 10.1 Å². The first kappa shape index (κ1) is 13.6. The Labute approximate surface area is 102 Å². The van der Waals surface area contributed by atoms with Crippen LogP contribution in [0, 0.1) is 13.8 Å². The second kappa shape index (κ2) is 5.25. The van der Waals surface area contributed by atoms with E-state index in [1.165, 1.54) is 4.88 Å². The first-order valence-electron chi connectivity index (χ1n) is 5.60. The van der Waals surface area contributed by atoms with Crippen LogP contribution < -0.4 is 5.32 Å². The number of nitrogens with zero attached hydrogens (tertiary/aromatic N) is 1. The summed E-state index contributed by atoms with van der Waals surface area (Å²) in [4.78, 5) is 5.91. The van der Waals surface area contributed by atoms with Crippen molar-refractivity contribution in [3.63, 3.8) is 0 Å². The molecule has 0 spiro atoms. The standard InChI is InChI=1S/C12H22N2OS/c1-8(2)14-12(5,7-15-6)11-13-9(3)10(4)16-11/h8,14H,7H2,1-6H3. The highest BCUT2D eigenvalue weighted by atomic mass is 32.1. The molecular weight excluding hydrogens is 220 g/mol. The lowest BCUT2D eigenvalue weighted by atomic mass is 10.0. The maximum Gasteiger partial charge on any atom is 0.115 e. The normalized spacial score (nSPS) is 15.4. The predicted octanol–water partition coefficient (Wildman–Crippen LogP) is 2.62. The Bertz CT molecular complexity index is 329. The van der Waals surface area contributed by atoms with E-state index in [1.807, 2.05) is 0 Å². The van der Waals surface area contributed by atoms with Crippen LogP contribution in [0.15, 0.2) is 0 Å². The third kappa shape index (κ3) is 3.03. The minimum absolute atomic E-state index is 0.188. The molecule has 0 aliphatic carbocycles. The zero-order chi connectivity index (χ0) is 12.3. The van der Waals surface area contributed by atoms with E-state index in [1.54, 1.807) is 18.4 Å². The summed E-state index contributed by atoms with van der Waals surface area (Å²) in [5.74, 6) is 0. The summed E-state index contributed by atoms with van der Waals surface area (Å²) in [5, 5.41) is 4.65. The molecule has 3 nitrogen and oxygen atoms in total. The summed E-state index contributed by atoms with van der Waals surface area (Å²) < 4.78 is 5.32. The number of thiazole rings is 1. The van der Waals surface area contributed by atoms with Gasteiger partial charge in [0.2, 0.25) is 0 Å². The molecule has 0 aromatic carbocycles. The maximum atomic E-state index is 5.32. The van der Waals surface area contributed by atoms with Crippen molar-refractivity contribution < 1.29 is 4.74 Å². The minimum Gasteiger partial charge on any atom is -0.382 e. The number of hydrogen-bond acceptors (Lipinski definition) is 4. The van der Waals surface area contributed by atoms with Gasteiger partial charge in [0.1, 0.15) is 5.01 Å². The van der Waals surface area contributed by atoms with Gasteiger partial charge in [0.05, 0.1) is 17.8 Å². The number of aryl methyl sites for hydroxylation is 2. The van der Waals surface area contributed by atoms with Crippen molar-refractivity contribution in [1.29, 1.82) is 0 Å². The fourth-order valence-corrected chi connectivity index (χ4v) is 2.81. The molecule has 1 heterocycles. The maximum absolute atomic E-state index is 5.32. The molecule has 1 aromatic rings. The van der Waals surface area contributed by atoms with Gasteiger partial charge in [0, 0.05) is 18.0 Å². The molecule has 1 unspecified atom stereocenters. The lowest BCUT2D eigenvalue weighted by molar-refractivity contribution is 0.112. The fourth-order valence-electron chi connectivity index (χ4n) is 1.80. The van der Waals surface area contributed by atoms with Crippen LogP contribution in [0.5, 0.6) is 0 Å². The highest BCUT2D eigenvalue weighted by molar-refractivity contribution is 7.11. The summed E-state index contributed by atoms with van der Waals surface area (Å²) >= 11 is 1.75. The average Bonchev–Trinajstić information content (AvgIpc) is 2.46. The summed E-state index contributed by atoms with van der Waals surface area (Å²) in [6.45, 7) is 11.2. The van der Waals surface area contributed by atoms with Crippen LogP contribution in [-0.4, -0.2) is 24.7 Å². The Morgan fingerprint density at radius 1 is 1.44 bits per heavy atom. The zero-order valence-corrected chi connectivity index (χ0v) is 11.9. The Morgan fingerprint density at radius 3 is 2.44 bits per heavy atom. The summed E-state index contributed by atoms with van der Waals surface area (Å²) in [7, 11) is 1.73. The molecule has 0 radical (unpaired) electrons. The molecule has 4 heteroatoms. The number of rotatable bonds is 5. The highest BCUT2D eigenvalue weighted by Crippen LogP contribution is 2.28. The number of aromatic nitrogens is 1. The zero-order valence-electron chi connectivity index (χ0n) is 11.0. The molecule has 1 atom stereocenters. The van der Waals surface area contributed by atoms with Crippen LogP contribution in [0.4, 0.5) is 0 Å². The number of hydrogen-bond donors (Lipinski definition) is 1. The number of ether oxygens (including phenoxy) is 1. The topological polar surface area (TPSA) is 34.1 Å². The Balaban J connectivity index is 3.00. The van der Waals surface area contributed by atoms with Gasteiger partial charge >= 0.3 is 0 Å². The van der Waals surface area contributed by atoms with Gasteiger partial charge in [0.25, 0.3) is 0 Å². The molecule has 1 aromatic heterocycles. The van der Waals surface area contributed by atoms with E-state index in [0.29, 0.717) is 12.6 Å². The van der Waals surface area contributed by atoms with E-state index in [4.69, 9.17) is 4.74 Å². The van der Waals surface area contributed by atoms with Crippen LogP contribution in [0.3, 0.4) is 0 Å². The van der Waals surface area contributed by atoms with Gasteiger partial charge in [-0.2, -0.15) is 0 Å². The van der Waals surface area contributed by atoms with Crippen molar-refractivity contribution in [3.05, 3.63) is 15.6 Å². The fraction of sp³-hybridized carbons (Fsp3) is 0.750. The molecule has 0 aliphatic rings. The van der Waals surface area contributed by atoms with Gasteiger partial charge in [-0.1, -0.05) is 0 Å². The van der Waals surface area contributed by atoms with Gasteiger partial charge in [-0.15, -0.1) is 11.3 Å². The van der Waals surface area contributed by atoms with Crippen LogP contribution in [-0.2, 0) is 10.3 Å². The van der Waals surface area contributed by atoms with Gasteiger partial charge in [0.15, 0.2) is 0 Å². The Morgan fingerprint density at radius 2 is 2.06 bits per heavy atom. The van der Waals surface area contributed by atoms with Gasteiger partial charge in [-0.3, -0.25) is 0 Å². The van der Waals surface area contributed by atoms with E-state index in [-0.39, 0.29) is 5.54 Å². The molecule has 0 saturated carbocycles. The summed E-state index contributed by atoms with van der Waals surface area (Å²) in [6, 6.07) is 0.407. The molecule has 0 aliphatic heterocycles. The highest BCUT2D eigenvalue weighted by Gasteiger charge is 2.30. The Kier molecular flexibility index (Phi) is 4.47. The van der Waals surface area contributed by atoms with Gasteiger partial charge in [-0.05, 0) is 34.6 Å². The second-order valence-corrected chi connectivity index (χ2v) is 5.93. The minimum atomic E-state index is -0.188. The lowest BCUT2D eigenvalue weighted by Gasteiger charge is -2.30. The second-order valence-electron chi connectivity index (χ2n) is 4.72. The van der Waals surface area contributed by atoms with Crippen LogP contribution in [0.2, 0.25) is 0 Å². The first-order chi connectivity index (χ1) is 7.39.